The summed E-state index contributed by atoms with van der Waals surface area (Å²) in [6.45, 7) is 9.71. The quantitative estimate of drug-likeness (QED) is 0.345. The smallest absolute Gasteiger partial charge is 0.126 e. The predicted molar refractivity (Wildman–Crippen MR) is 156 cm³/mol. The molecule has 0 radical (unpaired) electrons. The molecule has 1 aliphatic carbocycles. The van der Waals surface area contributed by atoms with Crippen LogP contribution in [0.5, 0.6) is 0 Å². The van der Waals surface area contributed by atoms with E-state index in [1.54, 1.807) is 0 Å². The Balaban J connectivity index is 1.86. The number of aliphatic hydroxyl groups is 1. The van der Waals surface area contributed by atoms with E-state index in [1.807, 2.05) is 12.1 Å². The summed E-state index contributed by atoms with van der Waals surface area (Å²) in [5, 5.41) is 21.6. The minimum Gasteiger partial charge on any atom is -0.390 e. The Morgan fingerprint density at radius 3 is 2.33 bits per heavy atom. The van der Waals surface area contributed by atoms with Crippen LogP contribution in [-0.2, 0) is 28.4 Å². The number of halogens is 2. The predicted octanol–water partition coefficient (Wildman–Crippen LogP) is 4.78. The molecule has 3 unspecified atom stereocenters. The van der Waals surface area contributed by atoms with Gasteiger partial charge in [-0.2, -0.15) is 5.10 Å². The SMILES string of the molecule is CCN(C)N=C1CCC(NCC(O)C(Cc2cc(F)cc(F)c2)NS(C)=O)(c2cccc(C(C)(C)C)c2)CC1. The van der Waals surface area contributed by atoms with Crippen molar-refractivity contribution >= 4 is 16.7 Å². The minimum atomic E-state index is -1.43. The third-order valence-electron chi connectivity index (χ3n) is 7.54. The van der Waals surface area contributed by atoms with Crippen molar-refractivity contribution in [1.82, 2.24) is 15.0 Å². The van der Waals surface area contributed by atoms with Gasteiger partial charge >= 0.3 is 0 Å². The Hall–Kier alpha value is -2.20. The fraction of sp³-hybridized carbons (Fsp3) is 0.567. The molecule has 3 N–H and O–H groups in total. The van der Waals surface area contributed by atoms with Gasteiger partial charge in [0.05, 0.1) is 23.1 Å². The molecule has 3 atom stereocenters. The highest BCUT2D eigenvalue weighted by molar-refractivity contribution is 7.82. The monoisotopic (exact) mass is 562 g/mol. The van der Waals surface area contributed by atoms with Crippen molar-refractivity contribution < 1.29 is 18.1 Å². The van der Waals surface area contributed by atoms with E-state index in [0.29, 0.717) is 5.56 Å². The van der Waals surface area contributed by atoms with E-state index >= 15 is 0 Å². The molecule has 0 bridgehead atoms. The molecule has 1 aliphatic rings. The van der Waals surface area contributed by atoms with Crippen molar-refractivity contribution in [3.8, 4) is 0 Å². The van der Waals surface area contributed by atoms with Crippen molar-refractivity contribution in [2.75, 3.05) is 26.4 Å². The van der Waals surface area contributed by atoms with E-state index in [4.69, 9.17) is 5.10 Å². The summed E-state index contributed by atoms with van der Waals surface area (Å²) < 4.78 is 42.6. The standard InChI is InChI=1S/C30H44F2N4O2S/c1-7-36(5)34-26-11-13-30(14-12-26,23-10-8-9-22(18-23)29(2,3)4)33-20-28(37)27(35-39(6)38)17-21-15-24(31)19-25(32)16-21/h8-10,15-16,18-19,27-28,33,35,37H,7,11-14,17,20H2,1-6H3. The van der Waals surface area contributed by atoms with Crippen LogP contribution in [0.15, 0.2) is 47.6 Å². The fourth-order valence-electron chi connectivity index (χ4n) is 5.12. The molecule has 0 spiro atoms. The number of nitrogens with zero attached hydrogens (tertiary/aromatic N) is 2. The van der Waals surface area contributed by atoms with Gasteiger partial charge in [0.2, 0.25) is 0 Å². The topological polar surface area (TPSA) is 77.0 Å². The van der Waals surface area contributed by atoms with Crippen molar-refractivity contribution in [3.05, 3.63) is 70.8 Å². The average Bonchev–Trinajstić information content (AvgIpc) is 2.86. The Bertz CT molecular complexity index is 1140. The number of hydrogen-bond acceptors (Lipinski definition) is 5. The van der Waals surface area contributed by atoms with Gasteiger partial charge in [-0.05, 0) is 73.3 Å². The molecule has 0 heterocycles. The molecule has 3 rings (SSSR count). The molecule has 39 heavy (non-hydrogen) atoms. The molecular weight excluding hydrogens is 518 g/mol. The summed E-state index contributed by atoms with van der Waals surface area (Å²) in [4.78, 5) is 0. The number of rotatable bonds is 11. The second-order valence-corrected chi connectivity index (χ2v) is 12.8. The highest BCUT2D eigenvalue weighted by Gasteiger charge is 2.37. The first-order valence-corrected chi connectivity index (χ1v) is 15.2. The summed E-state index contributed by atoms with van der Waals surface area (Å²) in [6.07, 6.45) is 3.95. The summed E-state index contributed by atoms with van der Waals surface area (Å²) in [5.41, 5.74) is 3.57. The number of hydrogen-bond donors (Lipinski definition) is 3. The van der Waals surface area contributed by atoms with E-state index in [2.05, 4.69) is 62.0 Å². The summed E-state index contributed by atoms with van der Waals surface area (Å²) in [5.74, 6) is -1.36. The molecule has 2 aromatic carbocycles. The van der Waals surface area contributed by atoms with Gasteiger partial charge in [0.15, 0.2) is 0 Å². The number of hydrazone groups is 1. The molecule has 0 amide bonds. The highest BCUT2D eigenvalue weighted by Crippen LogP contribution is 2.38. The van der Waals surface area contributed by atoms with E-state index in [1.165, 1.54) is 35.2 Å². The van der Waals surface area contributed by atoms with Gasteiger partial charge in [0.25, 0.3) is 0 Å². The van der Waals surface area contributed by atoms with Crippen molar-refractivity contribution in [2.24, 2.45) is 5.10 Å². The molecule has 0 aliphatic heterocycles. The first-order chi connectivity index (χ1) is 18.3. The van der Waals surface area contributed by atoms with Gasteiger partial charge in [0, 0.05) is 43.7 Å². The second-order valence-electron chi connectivity index (χ2n) is 11.7. The zero-order chi connectivity index (χ0) is 28.8. The lowest BCUT2D eigenvalue weighted by Crippen LogP contribution is -2.53. The third kappa shape index (κ3) is 8.90. The molecule has 216 valence electrons. The minimum absolute atomic E-state index is 0.0116. The molecule has 1 saturated carbocycles. The molecular formula is C30H44F2N4O2S. The van der Waals surface area contributed by atoms with E-state index in [-0.39, 0.29) is 23.9 Å². The van der Waals surface area contributed by atoms with Gasteiger partial charge in [0.1, 0.15) is 11.6 Å². The van der Waals surface area contributed by atoms with Gasteiger partial charge in [-0.15, -0.1) is 0 Å². The van der Waals surface area contributed by atoms with Gasteiger partial charge in [-0.3, -0.25) is 0 Å². The Morgan fingerprint density at radius 2 is 1.77 bits per heavy atom. The van der Waals surface area contributed by atoms with Gasteiger partial charge in [-0.25, -0.2) is 17.7 Å². The van der Waals surface area contributed by atoms with E-state index in [9.17, 15) is 18.1 Å². The number of benzene rings is 2. The van der Waals surface area contributed by atoms with Crippen LogP contribution in [0.25, 0.3) is 0 Å². The second kappa shape index (κ2) is 13.4. The Kier molecular flexibility index (Phi) is 10.8. The zero-order valence-electron chi connectivity index (χ0n) is 24.1. The number of aliphatic hydroxyl groups excluding tert-OH is 1. The van der Waals surface area contributed by atoms with Crippen LogP contribution in [0.3, 0.4) is 0 Å². The maximum absolute atomic E-state index is 13.8. The van der Waals surface area contributed by atoms with Crippen LogP contribution in [0, 0.1) is 11.6 Å². The fourth-order valence-corrected chi connectivity index (χ4v) is 5.79. The summed E-state index contributed by atoms with van der Waals surface area (Å²) >= 11 is 0. The molecule has 0 saturated heterocycles. The van der Waals surface area contributed by atoms with Crippen LogP contribution < -0.4 is 10.0 Å². The lowest BCUT2D eigenvalue weighted by atomic mass is 9.74. The Morgan fingerprint density at radius 1 is 1.13 bits per heavy atom. The maximum Gasteiger partial charge on any atom is 0.126 e. The molecule has 1 fully saturated rings. The first-order valence-electron chi connectivity index (χ1n) is 13.7. The van der Waals surface area contributed by atoms with Gasteiger partial charge < -0.3 is 15.4 Å². The molecule has 6 nitrogen and oxygen atoms in total. The third-order valence-corrected chi connectivity index (χ3v) is 8.18. The van der Waals surface area contributed by atoms with Crippen LogP contribution in [0.2, 0.25) is 0 Å². The lowest BCUT2D eigenvalue weighted by Gasteiger charge is -2.41. The number of nitrogens with one attached hydrogen (secondary N) is 2. The van der Waals surface area contributed by atoms with Crippen molar-refractivity contribution in [2.45, 2.75) is 82.9 Å². The van der Waals surface area contributed by atoms with Crippen LogP contribution in [0.4, 0.5) is 8.78 Å². The van der Waals surface area contributed by atoms with Crippen molar-refractivity contribution in [1.29, 1.82) is 0 Å². The molecule has 2 aromatic rings. The lowest BCUT2D eigenvalue weighted by molar-refractivity contribution is 0.116. The largest absolute Gasteiger partial charge is 0.390 e. The average molecular weight is 563 g/mol. The van der Waals surface area contributed by atoms with E-state index < -0.39 is 34.8 Å². The van der Waals surface area contributed by atoms with Gasteiger partial charge in [-0.1, -0.05) is 45.0 Å². The van der Waals surface area contributed by atoms with E-state index in [0.717, 1.165) is 38.3 Å². The summed E-state index contributed by atoms with van der Waals surface area (Å²) in [7, 11) is 0.552. The maximum atomic E-state index is 13.8. The summed E-state index contributed by atoms with van der Waals surface area (Å²) in [6, 6.07) is 11.3. The van der Waals surface area contributed by atoms with Crippen LogP contribution >= 0.6 is 0 Å². The Labute approximate surface area is 234 Å². The first kappa shape index (κ1) is 31.3. The van der Waals surface area contributed by atoms with Crippen LogP contribution in [0.1, 0.15) is 70.1 Å². The van der Waals surface area contributed by atoms with Crippen LogP contribution in [-0.4, -0.2) is 58.6 Å². The normalized spacial score (nSPS) is 20.4. The molecule has 9 heteroatoms. The highest BCUT2D eigenvalue weighted by atomic mass is 32.2. The molecule has 0 aromatic heterocycles. The zero-order valence-corrected chi connectivity index (χ0v) is 24.9. The van der Waals surface area contributed by atoms with Crippen molar-refractivity contribution in [3.63, 3.8) is 0 Å².